The molecule has 0 saturated heterocycles. The summed E-state index contributed by atoms with van der Waals surface area (Å²) in [7, 11) is 1.16. The summed E-state index contributed by atoms with van der Waals surface area (Å²) in [5.41, 5.74) is 0.0337. The van der Waals surface area contributed by atoms with Crippen molar-refractivity contribution < 1.29 is 23.5 Å². The molecule has 0 aromatic heterocycles. The Morgan fingerprint density at radius 3 is 3.00 bits per heavy atom. The highest BCUT2D eigenvalue weighted by Crippen LogP contribution is 2.30. The van der Waals surface area contributed by atoms with Gasteiger partial charge >= 0.3 is 5.97 Å². The van der Waals surface area contributed by atoms with Crippen LogP contribution in [0.2, 0.25) is 0 Å². The van der Waals surface area contributed by atoms with Crippen LogP contribution in [0.15, 0.2) is 12.1 Å². The lowest BCUT2D eigenvalue weighted by Gasteiger charge is -2.09. The normalized spacial score (nSPS) is 14.1. The van der Waals surface area contributed by atoms with E-state index >= 15 is 0 Å². The molecule has 0 unspecified atom stereocenters. The number of ether oxygens (including phenoxy) is 2. The third-order valence-corrected chi connectivity index (χ3v) is 2.34. The number of hydrogen-bond acceptors (Lipinski definition) is 4. The van der Waals surface area contributed by atoms with Crippen molar-refractivity contribution in [1.82, 2.24) is 0 Å². The Balaban J connectivity index is 2.46. The summed E-state index contributed by atoms with van der Waals surface area (Å²) in [6, 6.07) is 2.27. The maximum absolute atomic E-state index is 13.6. The molecule has 2 rings (SSSR count). The minimum atomic E-state index is -0.802. The molecule has 1 aromatic rings. The second kappa shape index (κ2) is 4.40. The summed E-state index contributed by atoms with van der Waals surface area (Å²) in [5, 5.41) is 2.53. The number of rotatable bonds is 1. The molecule has 1 heterocycles. The molecular formula is C11H10FNO4. The molecule has 0 saturated carbocycles. The van der Waals surface area contributed by atoms with Crippen LogP contribution in [0.1, 0.15) is 16.8 Å². The van der Waals surface area contributed by atoms with Crippen LogP contribution < -0.4 is 10.1 Å². The first kappa shape index (κ1) is 11.4. The highest BCUT2D eigenvalue weighted by atomic mass is 19.1. The Hall–Kier alpha value is -2.11. The largest absolute Gasteiger partial charge is 0.491 e. The van der Waals surface area contributed by atoms with E-state index in [1.54, 1.807) is 0 Å². The number of hydrogen-bond donors (Lipinski definition) is 1. The molecule has 90 valence electrons. The Labute approximate surface area is 96.5 Å². The number of anilines is 1. The van der Waals surface area contributed by atoms with E-state index in [1.807, 2.05) is 0 Å². The van der Waals surface area contributed by atoms with Gasteiger partial charge in [-0.2, -0.15) is 0 Å². The SMILES string of the molecule is COC(=O)c1cc2c(cc1F)OCCC(=O)N2. The topological polar surface area (TPSA) is 64.6 Å². The van der Waals surface area contributed by atoms with Crippen LogP contribution in [0.5, 0.6) is 5.75 Å². The molecule has 0 atom stereocenters. The van der Waals surface area contributed by atoms with Crippen LogP contribution >= 0.6 is 0 Å². The predicted molar refractivity (Wildman–Crippen MR) is 56.5 cm³/mol. The molecule has 1 aliphatic heterocycles. The van der Waals surface area contributed by atoms with E-state index < -0.39 is 11.8 Å². The lowest BCUT2D eigenvalue weighted by atomic mass is 10.1. The van der Waals surface area contributed by atoms with Gasteiger partial charge < -0.3 is 14.8 Å². The zero-order chi connectivity index (χ0) is 12.4. The van der Waals surface area contributed by atoms with Crippen LogP contribution in [0, 0.1) is 5.82 Å². The van der Waals surface area contributed by atoms with E-state index in [-0.39, 0.29) is 35.9 Å². The summed E-state index contributed by atoms with van der Waals surface area (Å²) < 4.78 is 23.2. The zero-order valence-corrected chi connectivity index (χ0v) is 9.08. The van der Waals surface area contributed by atoms with Gasteiger partial charge in [-0.15, -0.1) is 0 Å². The van der Waals surface area contributed by atoms with E-state index in [2.05, 4.69) is 10.1 Å². The second-order valence-electron chi connectivity index (χ2n) is 3.47. The molecule has 6 heteroatoms. The minimum absolute atomic E-state index is 0.176. The molecule has 1 aliphatic rings. The molecule has 17 heavy (non-hydrogen) atoms. The van der Waals surface area contributed by atoms with Gasteiger partial charge in [0, 0.05) is 6.07 Å². The van der Waals surface area contributed by atoms with Gasteiger partial charge in [-0.1, -0.05) is 0 Å². The van der Waals surface area contributed by atoms with Crippen molar-refractivity contribution in [3.8, 4) is 5.75 Å². The number of benzene rings is 1. The van der Waals surface area contributed by atoms with E-state index in [0.717, 1.165) is 13.2 Å². The molecule has 5 nitrogen and oxygen atoms in total. The smallest absolute Gasteiger partial charge is 0.340 e. The number of methoxy groups -OCH3 is 1. The highest BCUT2D eigenvalue weighted by Gasteiger charge is 2.20. The van der Waals surface area contributed by atoms with Gasteiger partial charge in [0.05, 0.1) is 31.4 Å². The van der Waals surface area contributed by atoms with Gasteiger partial charge in [0.2, 0.25) is 5.91 Å². The standard InChI is InChI=1S/C11H10FNO4/c1-16-11(15)6-4-8-9(5-7(6)12)17-3-2-10(14)13-8/h4-5H,2-3H2,1H3,(H,13,14). The van der Waals surface area contributed by atoms with E-state index in [1.165, 1.54) is 6.07 Å². The number of carbonyl (C=O) groups excluding carboxylic acids is 2. The predicted octanol–water partition coefficient (Wildman–Crippen LogP) is 1.33. The van der Waals surface area contributed by atoms with Crippen molar-refractivity contribution in [2.75, 3.05) is 19.0 Å². The number of esters is 1. The highest BCUT2D eigenvalue weighted by molar-refractivity contribution is 5.96. The average molecular weight is 239 g/mol. The summed E-state index contributed by atoms with van der Waals surface area (Å²) in [5.74, 6) is -1.58. The van der Waals surface area contributed by atoms with E-state index in [4.69, 9.17) is 4.74 Å². The van der Waals surface area contributed by atoms with Crippen LogP contribution in [0.4, 0.5) is 10.1 Å². The fourth-order valence-electron chi connectivity index (χ4n) is 1.50. The molecule has 0 spiro atoms. The fraction of sp³-hybridized carbons (Fsp3) is 0.273. The fourth-order valence-corrected chi connectivity index (χ4v) is 1.50. The summed E-state index contributed by atoms with van der Waals surface area (Å²) in [4.78, 5) is 22.6. The van der Waals surface area contributed by atoms with Crippen molar-refractivity contribution in [3.63, 3.8) is 0 Å². The second-order valence-corrected chi connectivity index (χ2v) is 3.47. The number of fused-ring (bicyclic) bond motifs is 1. The van der Waals surface area contributed by atoms with E-state index in [9.17, 15) is 14.0 Å². The average Bonchev–Trinajstić information content (AvgIpc) is 2.48. The van der Waals surface area contributed by atoms with Crippen molar-refractivity contribution in [1.29, 1.82) is 0 Å². The third-order valence-electron chi connectivity index (χ3n) is 2.34. The Bertz CT molecular complexity index is 487. The van der Waals surface area contributed by atoms with Gasteiger partial charge in [0.25, 0.3) is 0 Å². The number of nitrogens with one attached hydrogen (secondary N) is 1. The number of halogens is 1. The summed E-state index contributed by atoms with van der Waals surface area (Å²) >= 11 is 0. The van der Waals surface area contributed by atoms with E-state index in [0.29, 0.717) is 0 Å². The maximum Gasteiger partial charge on any atom is 0.340 e. The minimum Gasteiger partial charge on any atom is -0.491 e. The Morgan fingerprint density at radius 2 is 2.29 bits per heavy atom. The Kier molecular flexibility index (Phi) is 2.95. The molecule has 0 aliphatic carbocycles. The lowest BCUT2D eigenvalue weighted by molar-refractivity contribution is -0.116. The van der Waals surface area contributed by atoms with Gasteiger partial charge in [-0.05, 0) is 6.07 Å². The lowest BCUT2D eigenvalue weighted by Crippen LogP contribution is -2.11. The monoisotopic (exact) mass is 239 g/mol. The first-order valence-electron chi connectivity index (χ1n) is 4.96. The van der Waals surface area contributed by atoms with Crippen molar-refractivity contribution in [2.24, 2.45) is 0 Å². The molecule has 1 amide bonds. The third kappa shape index (κ3) is 2.20. The quantitative estimate of drug-likeness (QED) is 0.751. The first-order chi connectivity index (χ1) is 8.11. The van der Waals surface area contributed by atoms with Gasteiger partial charge in [-0.25, -0.2) is 9.18 Å². The van der Waals surface area contributed by atoms with Crippen molar-refractivity contribution >= 4 is 17.6 Å². The Morgan fingerprint density at radius 1 is 1.53 bits per heavy atom. The molecule has 0 radical (unpaired) electrons. The first-order valence-corrected chi connectivity index (χ1v) is 4.96. The van der Waals surface area contributed by atoms with Crippen LogP contribution in [-0.2, 0) is 9.53 Å². The number of amides is 1. The molecule has 0 bridgehead atoms. The molecule has 1 N–H and O–H groups in total. The van der Waals surface area contributed by atoms with Crippen LogP contribution in [-0.4, -0.2) is 25.6 Å². The van der Waals surface area contributed by atoms with Crippen LogP contribution in [0.25, 0.3) is 0 Å². The van der Waals surface area contributed by atoms with Crippen LogP contribution in [0.3, 0.4) is 0 Å². The van der Waals surface area contributed by atoms with Crippen molar-refractivity contribution in [3.05, 3.63) is 23.5 Å². The van der Waals surface area contributed by atoms with Gasteiger partial charge in [-0.3, -0.25) is 4.79 Å². The van der Waals surface area contributed by atoms with Gasteiger partial charge in [0.15, 0.2) is 0 Å². The molecule has 0 fully saturated rings. The summed E-state index contributed by atoms with van der Waals surface area (Å²) in [6.07, 6.45) is 0.184. The maximum atomic E-state index is 13.6. The zero-order valence-electron chi connectivity index (χ0n) is 9.08. The molecule has 1 aromatic carbocycles. The summed E-state index contributed by atoms with van der Waals surface area (Å²) in [6.45, 7) is 0.176. The molecular weight excluding hydrogens is 229 g/mol. The van der Waals surface area contributed by atoms with Crippen molar-refractivity contribution in [2.45, 2.75) is 6.42 Å². The number of carbonyl (C=O) groups is 2. The van der Waals surface area contributed by atoms with Gasteiger partial charge in [0.1, 0.15) is 11.6 Å².